The summed E-state index contributed by atoms with van der Waals surface area (Å²) in [6.07, 6.45) is 2.22. The maximum Gasteiger partial charge on any atom is 0.356 e. The average molecular weight is 813 g/mol. The molecule has 2 heterocycles. The SMILES string of the molecule is CCSC(=S)SC1C(C(OC(C)=O)c2cnn(C)c2)C(=O)N1C(C(=O)OCc1ccc([N+](=O)[O-])cc1)=P(c1ccccc1)(c1ccccc1)c1ccccc1. The number of nitro benzene ring substituents is 1. The zero-order chi connectivity index (χ0) is 39.1. The van der Waals surface area contributed by atoms with Gasteiger partial charge in [0.05, 0.1) is 11.1 Å². The minimum Gasteiger partial charge on any atom is -0.457 e. The number of non-ortho nitro benzene ring substituents is 1. The van der Waals surface area contributed by atoms with Gasteiger partial charge in [0.2, 0.25) is 5.91 Å². The Morgan fingerprint density at radius 3 is 1.93 bits per heavy atom. The second-order valence-electron chi connectivity index (χ2n) is 12.4. The first-order valence-electron chi connectivity index (χ1n) is 17.2. The van der Waals surface area contributed by atoms with Crippen LogP contribution < -0.4 is 15.9 Å². The van der Waals surface area contributed by atoms with E-state index in [1.54, 1.807) is 24.1 Å². The molecule has 0 saturated carbocycles. The molecule has 1 aliphatic rings. The fourth-order valence-corrected chi connectivity index (χ4v) is 13.7. The Morgan fingerprint density at radius 1 is 0.927 bits per heavy atom. The van der Waals surface area contributed by atoms with Crippen LogP contribution in [0.2, 0.25) is 0 Å². The number of amides is 1. The topological polar surface area (TPSA) is 134 Å². The molecule has 0 spiro atoms. The van der Waals surface area contributed by atoms with E-state index >= 15 is 9.59 Å². The number of carbonyl (C=O) groups excluding carboxylic acids is 3. The van der Waals surface area contributed by atoms with Gasteiger partial charge in [-0.05, 0) is 39.4 Å². The Balaban J connectivity index is 1.64. The molecular formula is C40H37N4O7PS3. The monoisotopic (exact) mass is 812 g/mol. The summed E-state index contributed by atoms with van der Waals surface area (Å²) in [4.78, 5) is 55.3. The lowest BCUT2D eigenvalue weighted by atomic mass is 9.88. The highest BCUT2D eigenvalue weighted by molar-refractivity contribution is 8.47. The number of nitrogens with zero attached hydrogens (tertiary/aromatic N) is 4. The molecule has 0 aliphatic carbocycles. The first-order chi connectivity index (χ1) is 26.6. The van der Waals surface area contributed by atoms with Gasteiger partial charge in [-0.3, -0.25) is 29.3 Å². The van der Waals surface area contributed by atoms with Gasteiger partial charge >= 0.3 is 11.9 Å². The van der Waals surface area contributed by atoms with Crippen molar-refractivity contribution in [1.29, 1.82) is 0 Å². The number of thiocarbonyl (C=S) groups is 1. The number of hydrogen-bond donors (Lipinski definition) is 0. The van der Waals surface area contributed by atoms with Crippen LogP contribution in [0.3, 0.4) is 0 Å². The number of β-lactam (4-membered cyclic amide) rings is 1. The average Bonchev–Trinajstić information content (AvgIpc) is 3.63. The van der Waals surface area contributed by atoms with Crippen LogP contribution in [0.1, 0.15) is 31.1 Å². The summed E-state index contributed by atoms with van der Waals surface area (Å²) in [7, 11) is 1.73. The molecule has 0 radical (unpaired) electrons. The number of carbonyl (C=O) groups is 3. The first-order valence-corrected chi connectivity index (χ1v) is 21.3. The Morgan fingerprint density at radius 2 is 1.47 bits per heavy atom. The van der Waals surface area contributed by atoms with Crippen molar-refractivity contribution in [2.45, 2.75) is 31.9 Å². The molecule has 1 amide bonds. The van der Waals surface area contributed by atoms with E-state index in [2.05, 4.69) is 5.10 Å². The molecule has 15 heteroatoms. The van der Waals surface area contributed by atoms with Crippen LogP contribution in [0.15, 0.2) is 128 Å². The molecule has 1 aliphatic heterocycles. The molecule has 1 saturated heterocycles. The lowest BCUT2D eigenvalue weighted by molar-refractivity contribution is -0.384. The van der Waals surface area contributed by atoms with Crippen molar-refractivity contribution in [3.05, 3.63) is 149 Å². The van der Waals surface area contributed by atoms with Crippen molar-refractivity contribution >= 4 is 91.0 Å². The number of likely N-dealkylation sites (tertiary alicyclic amines) is 1. The lowest BCUT2D eigenvalue weighted by Crippen LogP contribution is -2.66. The first kappa shape index (κ1) is 39.7. The highest BCUT2D eigenvalue weighted by atomic mass is 32.2. The van der Waals surface area contributed by atoms with Gasteiger partial charge in [-0.1, -0.05) is 122 Å². The molecule has 0 N–H and O–H groups in total. The third kappa shape index (κ3) is 8.33. The molecule has 11 nitrogen and oxygen atoms in total. The summed E-state index contributed by atoms with van der Waals surface area (Å²) in [5, 5.41) is 17.2. The van der Waals surface area contributed by atoms with Crippen LogP contribution in [0, 0.1) is 16.0 Å². The standard InChI is InChI=1S/C40H37N4O7PS3/c1-4-54-40(53)55-38-34(35(51-27(2)45)29-24-41-42(3)25-29)36(46)43(38)37(39(47)50-26-28-20-22-30(23-21-28)44(48)49)52(31-14-8-5-9-15-31,32-16-10-6-11-17-32)33-18-12-7-13-19-33/h5-25,34-35,38H,4,26H2,1-3H3. The number of nitro groups is 1. The number of aryl methyl sites for hydroxylation is 1. The highest BCUT2D eigenvalue weighted by Crippen LogP contribution is 2.53. The molecule has 3 atom stereocenters. The minimum absolute atomic E-state index is 0.0987. The molecule has 55 heavy (non-hydrogen) atoms. The van der Waals surface area contributed by atoms with Gasteiger partial charge in [0.15, 0.2) is 0 Å². The molecule has 6 rings (SSSR count). The van der Waals surface area contributed by atoms with E-state index in [1.165, 1.54) is 59.6 Å². The van der Waals surface area contributed by atoms with E-state index in [0.717, 1.165) is 15.9 Å². The maximum absolute atomic E-state index is 15.2. The van der Waals surface area contributed by atoms with Crippen molar-refractivity contribution in [3.8, 4) is 0 Å². The third-order valence-electron chi connectivity index (χ3n) is 8.91. The summed E-state index contributed by atoms with van der Waals surface area (Å²) < 4.78 is 14.2. The highest BCUT2D eigenvalue weighted by Gasteiger charge is 2.58. The minimum atomic E-state index is -3.30. The van der Waals surface area contributed by atoms with E-state index in [-0.39, 0.29) is 17.7 Å². The van der Waals surface area contributed by atoms with Gasteiger partial charge in [-0.2, -0.15) is 5.10 Å². The van der Waals surface area contributed by atoms with Gasteiger partial charge in [-0.15, -0.1) is 11.8 Å². The summed E-state index contributed by atoms with van der Waals surface area (Å²) in [6, 6.07) is 34.5. The molecule has 5 aromatic rings. The van der Waals surface area contributed by atoms with E-state index < -0.39 is 47.1 Å². The lowest BCUT2D eigenvalue weighted by Gasteiger charge is -2.51. The van der Waals surface area contributed by atoms with Gasteiger partial charge < -0.3 is 9.47 Å². The van der Waals surface area contributed by atoms with Crippen molar-refractivity contribution < 1.29 is 28.8 Å². The fourth-order valence-electron chi connectivity index (χ4n) is 6.57. The Labute approximate surface area is 332 Å². The molecule has 1 aromatic heterocycles. The van der Waals surface area contributed by atoms with Crippen LogP contribution in [-0.4, -0.2) is 57.5 Å². The van der Waals surface area contributed by atoms with Crippen molar-refractivity contribution in [2.75, 3.05) is 5.75 Å². The van der Waals surface area contributed by atoms with E-state index in [9.17, 15) is 14.9 Å². The van der Waals surface area contributed by atoms with Gasteiger partial charge in [0, 0.05) is 44.8 Å². The number of hydrogen-bond acceptors (Lipinski definition) is 11. The molecule has 282 valence electrons. The zero-order valence-corrected chi connectivity index (χ0v) is 33.4. The Hall–Kier alpha value is -5.01. The predicted octanol–water partition coefficient (Wildman–Crippen LogP) is 6.36. The number of thioether (sulfide) groups is 2. The smallest absolute Gasteiger partial charge is 0.356 e. The van der Waals surface area contributed by atoms with E-state index in [0.29, 0.717) is 20.4 Å². The zero-order valence-electron chi connectivity index (χ0n) is 30.1. The molecule has 0 bridgehead atoms. The molecule has 1 fully saturated rings. The van der Waals surface area contributed by atoms with Gasteiger partial charge in [0.25, 0.3) is 5.69 Å². The number of rotatable bonds is 13. The number of esters is 2. The molecule has 4 aromatic carbocycles. The number of aromatic nitrogens is 2. The summed E-state index contributed by atoms with van der Waals surface area (Å²) in [5.41, 5.74) is 1.06. The number of ether oxygens (including phenoxy) is 2. The van der Waals surface area contributed by atoms with Gasteiger partial charge in [-0.25, -0.2) is 4.79 Å². The Kier molecular flexibility index (Phi) is 12.7. The quantitative estimate of drug-likeness (QED) is 0.0329. The van der Waals surface area contributed by atoms with E-state index in [1.807, 2.05) is 97.9 Å². The van der Waals surface area contributed by atoms with Crippen LogP contribution in [0.5, 0.6) is 0 Å². The summed E-state index contributed by atoms with van der Waals surface area (Å²) >= 11 is 8.53. The van der Waals surface area contributed by atoms with E-state index in [4.69, 9.17) is 21.7 Å². The van der Waals surface area contributed by atoms with Gasteiger partial charge in [0.1, 0.15) is 32.9 Å². The summed E-state index contributed by atoms with van der Waals surface area (Å²) in [6.45, 7) is -0.265. The second kappa shape index (κ2) is 17.6. The van der Waals surface area contributed by atoms with Crippen molar-refractivity contribution in [1.82, 2.24) is 14.7 Å². The second-order valence-corrected chi connectivity index (χ2v) is 19.3. The van der Waals surface area contributed by atoms with Crippen molar-refractivity contribution in [2.24, 2.45) is 13.0 Å². The predicted molar refractivity (Wildman–Crippen MR) is 223 cm³/mol. The molecular weight excluding hydrogens is 776 g/mol. The van der Waals surface area contributed by atoms with Crippen LogP contribution >= 0.6 is 42.6 Å². The van der Waals surface area contributed by atoms with Crippen LogP contribution in [0.4, 0.5) is 5.69 Å². The van der Waals surface area contributed by atoms with Crippen LogP contribution in [0.25, 0.3) is 0 Å². The summed E-state index contributed by atoms with van der Waals surface area (Å²) in [5.74, 6) is -2.06. The fraction of sp³-hybridized carbons (Fsp3) is 0.200. The normalized spacial score (nSPS) is 15.8. The number of benzene rings is 4. The van der Waals surface area contributed by atoms with Crippen LogP contribution in [-0.2, 0) is 37.5 Å². The Bertz CT molecular complexity index is 2150. The molecule has 3 unspecified atom stereocenters. The maximum atomic E-state index is 15.2. The largest absolute Gasteiger partial charge is 0.457 e. The van der Waals surface area contributed by atoms with Crippen molar-refractivity contribution in [3.63, 3.8) is 0 Å². The third-order valence-corrected chi connectivity index (χ3v) is 15.9.